The summed E-state index contributed by atoms with van der Waals surface area (Å²) in [7, 11) is 0. The minimum Gasteiger partial charge on any atom is -0.489 e. The summed E-state index contributed by atoms with van der Waals surface area (Å²) in [5.41, 5.74) is 3.06. The summed E-state index contributed by atoms with van der Waals surface area (Å²) in [6, 6.07) is 19.3. The SMILES string of the molecule is CCN(c1ccccc1)c1cncc(C(=O)Nc2ccccc2OC(C)C)c1. The fraction of sp³-hybridized carbons (Fsp3) is 0.217. The van der Waals surface area contributed by atoms with Crippen LogP contribution in [-0.2, 0) is 0 Å². The van der Waals surface area contributed by atoms with Crippen LogP contribution >= 0.6 is 0 Å². The van der Waals surface area contributed by atoms with E-state index in [-0.39, 0.29) is 12.0 Å². The second-order valence-corrected chi connectivity index (χ2v) is 6.63. The van der Waals surface area contributed by atoms with E-state index >= 15 is 0 Å². The van der Waals surface area contributed by atoms with E-state index in [1.807, 2.05) is 74.5 Å². The van der Waals surface area contributed by atoms with Gasteiger partial charge in [-0.05, 0) is 51.1 Å². The minimum absolute atomic E-state index is 0.0204. The highest BCUT2D eigenvalue weighted by molar-refractivity contribution is 6.05. The summed E-state index contributed by atoms with van der Waals surface area (Å²) in [5.74, 6) is 0.424. The second-order valence-electron chi connectivity index (χ2n) is 6.63. The third-order valence-corrected chi connectivity index (χ3v) is 4.18. The van der Waals surface area contributed by atoms with Crippen molar-refractivity contribution in [1.29, 1.82) is 0 Å². The smallest absolute Gasteiger partial charge is 0.257 e. The number of para-hydroxylation sites is 3. The van der Waals surface area contributed by atoms with E-state index in [1.54, 1.807) is 12.4 Å². The summed E-state index contributed by atoms with van der Waals surface area (Å²) < 4.78 is 5.78. The van der Waals surface area contributed by atoms with Crippen molar-refractivity contribution in [2.75, 3.05) is 16.8 Å². The highest BCUT2D eigenvalue weighted by Gasteiger charge is 2.14. The van der Waals surface area contributed by atoms with Crippen LogP contribution in [0.1, 0.15) is 31.1 Å². The van der Waals surface area contributed by atoms with Crippen LogP contribution in [0.15, 0.2) is 73.1 Å². The molecule has 0 saturated heterocycles. The lowest BCUT2D eigenvalue weighted by molar-refractivity contribution is 0.102. The molecule has 1 amide bonds. The number of ether oxygens (including phenoxy) is 1. The van der Waals surface area contributed by atoms with Crippen molar-refractivity contribution in [1.82, 2.24) is 4.98 Å². The quantitative estimate of drug-likeness (QED) is 0.610. The van der Waals surface area contributed by atoms with Crippen molar-refractivity contribution >= 4 is 23.0 Å². The van der Waals surface area contributed by atoms with Crippen LogP contribution in [0.3, 0.4) is 0 Å². The molecule has 0 radical (unpaired) electrons. The van der Waals surface area contributed by atoms with Gasteiger partial charge in [-0.1, -0.05) is 30.3 Å². The third-order valence-electron chi connectivity index (χ3n) is 4.18. The van der Waals surface area contributed by atoms with E-state index in [0.29, 0.717) is 17.0 Å². The van der Waals surface area contributed by atoms with Gasteiger partial charge in [0.25, 0.3) is 5.91 Å². The maximum absolute atomic E-state index is 12.8. The van der Waals surface area contributed by atoms with Gasteiger partial charge in [0.15, 0.2) is 0 Å². The summed E-state index contributed by atoms with van der Waals surface area (Å²) in [5, 5.41) is 2.93. The highest BCUT2D eigenvalue weighted by atomic mass is 16.5. The van der Waals surface area contributed by atoms with Crippen molar-refractivity contribution in [3.8, 4) is 5.75 Å². The predicted molar refractivity (Wildman–Crippen MR) is 114 cm³/mol. The molecule has 28 heavy (non-hydrogen) atoms. The van der Waals surface area contributed by atoms with Crippen LogP contribution in [-0.4, -0.2) is 23.5 Å². The normalized spacial score (nSPS) is 10.6. The molecule has 2 aromatic carbocycles. The molecule has 0 atom stereocenters. The van der Waals surface area contributed by atoms with Gasteiger partial charge in [0.1, 0.15) is 5.75 Å². The Morgan fingerprint density at radius 3 is 2.46 bits per heavy atom. The Bertz CT molecular complexity index is 926. The van der Waals surface area contributed by atoms with E-state index in [2.05, 4.69) is 22.1 Å². The molecule has 0 spiro atoms. The van der Waals surface area contributed by atoms with Crippen LogP contribution in [0.25, 0.3) is 0 Å². The van der Waals surface area contributed by atoms with E-state index in [0.717, 1.165) is 17.9 Å². The van der Waals surface area contributed by atoms with Crippen LogP contribution in [0.2, 0.25) is 0 Å². The highest BCUT2D eigenvalue weighted by Crippen LogP contribution is 2.27. The Balaban J connectivity index is 1.83. The molecule has 1 N–H and O–H groups in total. The maximum Gasteiger partial charge on any atom is 0.257 e. The van der Waals surface area contributed by atoms with Gasteiger partial charge >= 0.3 is 0 Å². The first-order valence-electron chi connectivity index (χ1n) is 9.43. The van der Waals surface area contributed by atoms with Crippen molar-refractivity contribution in [3.05, 3.63) is 78.6 Å². The van der Waals surface area contributed by atoms with Crippen LogP contribution in [0.4, 0.5) is 17.1 Å². The number of pyridine rings is 1. The monoisotopic (exact) mass is 375 g/mol. The average Bonchev–Trinajstić information content (AvgIpc) is 2.71. The Morgan fingerprint density at radius 2 is 1.75 bits per heavy atom. The summed E-state index contributed by atoms with van der Waals surface area (Å²) in [6.07, 6.45) is 3.36. The van der Waals surface area contributed by atoms with Crippen LogP contribution < -0.4 is 15.0 Å². The van der Waals surface area contributed by atoms with E-state index in [9.17, 15) is 4.79 Å². The predicted octanol–water partition coefficient (Wildman–Crippen LogP) is 5.28. The number of nitrogens with zero attached hydrogens (tertiary/aromatic N) is 2. The van der Waals surface area contributed by atoms with Gasteiger partial charge in [-0.3, -0.25) is 9.78 Å². The van der Waals surface area contributed by atoms with Crippen molar-refractivity contribution in [2.24, 2.45) is 0 Å². The number of amides is 1. The number of carbonyl (C=O) groups excluding carboxylic acids is 1. The molecule has 3 aromatic rings. The van der Waals surface area contributed by atoms with Crippen molar-refractivity contribution in [2.45, 2.75) is 26.9 Å². The Hall–Kier alpha value is -3.34. The molecular weight excluding hydrogens is 350 g/mol. The molecule has 1 aromatic heterocycles. The zero-order valence-electron chi connectivity index (χ0n) is 16.4. The Labute approximate surface area is 166 Å². The number of rotatable bonds is 7. The molecule has 3 rings (SSSR count). The molecular formula is C23H25N3O2. The van der Waals surface area contributed by atoms with Gasteiger partial charge in [0.05, 0.1) is 29.2 Å². The number of nitrogens with one attached hydrogen (secondary N) is 1. The fourth-order valence-corrected chi connectivity index (χ4v) is 2.94. The van der Waals surface area contributed by atoms with Gasteiger partial charge in [-0.15, -0.1) is 0 Å². The van der Waals surface area contributed by atoms with E-state index < -0.39 is 0 Å². The molecule has 144 valence electrons. The zero-order chi connectivity index (χ0) is 19.9. The largest absolute Gasteiger partial charge is 0.489 e. The lowest BCUT2D eigenvalue weighted by atomic mass is 10.2. The number of hydrogen-bond acceptors (Lipinski definition) is 4. The molecule has 0 saturated carbocycles. The Kier molecular flexibility index (Phi) is 6.27. The van der Waals surface area contributed by atoms with Gasteiger partial charge in [-0.2, -0.15) is 0 Å². The number of anilines is 3. The third kappa shape index (κ3) is 4.68. The molecule has 5 heteroatoms. The minimum atomic E-state index is -0.224. The van der Waals surface area contributed by atoms with Gasteiger partial charge in [0.2, 0.25) is 0 Å². The summed E-state index contributed by atoms with van der Waals surface area (Å²) in [4.78, 5) is 19.2. The topological polar surface area (TPSA) is 54.5 Å². The standard InChI is InChI=1S/C23H25N3O2/c1-4-26(19-10-6-5-7-11-19)20-14-18(15-24-16-20)23(27)25-21-12-8-9-13-22(21)28-17(2)3/h5-17H,4H2,1-3H3,(H,25,27). The van der Waals surface area contributed by atoms with Gasteiger partial charge in [-0.25, -0.2) is 0 Å². The lowest BCUT2D eigenvalue weighted by Crippen LogP contribution is -2.18. The molecule has 1 heterocycles. The molecule has 0 aliphatic rings. The van der Waals surface area contributed by atoms with Crippen molar-refractivity contribution in [3.63, 3.8) is 0 Å². The van der Waals surface area contributed by atoms with Crippen LogP contribution in [0.5, 0.6) is 5.75 Å². The first-order valence-corrected chi connectivity index (χ1v) is 9.43. The second kappa shape index (κ2) is 9.04. The number of hydrogen-bond donors (Lipinski definition) is 1. The lowest BCUT2D eigenvalue weighted by Gasteiger charge is -2.23. The Morgan fingerprint density at radius 1 is 1.04 bits per heavy atom. The fourth-order valence-electron chi connectivity index (χ4n) is 2.94. The maximum atomic E-state index is 12.8. The first kappa shape index (κ1) is 19.4. The first-order chi connectivity index (χ1) is 13.6. The molecule has 0 aliphatic heterocycles. The molecule has 0 unspecified atom stereocenters. The number of benzene rings is 2. The van der Waals surface area contributed by atoms with Crippen molar-refractivity contribution < 1.29 is 9.53 Å². The molecule has 0 aliphatic carbocycles. The summed E-state index contributed by atoms with van der Waals surface area (Å²) in [6.45, 7) is 6.74. The average molecular weight is 375 g/mol. The number of aromatic nitrogens is 1. The summed E-state index contributed by atoms with van der Waals surface area (Å²) >= 11 is 0. The van der Waals surface area contributed by atoms with E-state index in [4.69, 9.17) is 4.74 Å². The molecule has 0 fully saturated rings. The van der Waals surface area contributed by atoms with E-state index in [1.165, 1.54) is 0 Å². The van der Waals surface area contributed by atoms with Gasteiger partial charge < -0.3 is 15.0 Å². The van der Waals surface area contributed by atoms with Crippen LogP contribution in [0, 0.1) is 0 Å². The number of carbonyl (C=O) groups is 1. The zero-order valence-corrected chi connectivity index (χ0v) is 16.4. The van der Waals surface area contributed by atoms with Gasteiger partial charge in [0, 0.05) is 18.4 Å². The molecule has 5 nitrogen and oxygen atoms in total. The molecule has 0 bridgehead atoms.